The number of carbonyl (C=O) groups excluding carboxylic acids is 1. The highest BCUT2D eigenvalue weighted by Gasteiger charge is 2.31. The number of pyridine rings is 1. The van der Waals surface area contributed by atoms with Crippen molar-refractivity contribution in [2.75, 3.05) is 13.2 Å². The topological polar surface area (TPSA) is 53.4 Å². The van der Waals surface area contributed by atoms with Crippen LogP contribution in [0.15, 0.2) is 6.20 Å². The van der Waals surface area contributed by atoms with Gasteiger partial charge in [0.25, 0.3) is 5.91 Å². The van der Waals surface area contributed by atoms with Crippen LogP contribution in [0.2, 0.25) is 15.1 Å². The Kier molecular flexibility index (Phi) is 4.90. The van der Waals surface area contributed by atoms with Gasteiger partial charge in [-0.1, -0.05) is 34.8 Å². The highest BCUT2D eigenvalue weighted by molar-refractivity contribution is 6.48. The summed E-state index contributed by atoms with van der Waals surface area (Å²) in [7, 11) is 0. The van der Waals surface area contributed by atoms with Crippen LogP contribution in [0.5, 0.6) is 0 Å². The third kappa shape index (κ3) is 2.97. The molecular weight excluding hydrogens is 311 g/mol. The smallest absolute Gasteiger partial charge is 0.274 e. The van der Waals surface area contributed by atoms with Gasteiger partial charge in [-0.15, -0.1) is 0 Å². The van der Waals surface area contributed by atoms with Gasteiger partial charge in [0.15, 0.2) is 0 Å². The van der Waals surface area contributed by atoms with Crippen molar-refractivity contribution < 1.29 is 9.90 Å². The second kappa shape index (κ2) is 6.27. The molecule has 0 radical (unpaired) electrons. The predicted molar refractivity (Wildman–Crippen MR) is 75.0 cm³/mol. The predicted octanol–water partition coefficient (Wildman–Crippen LogP) is 3.03. The maximum Gasteiger partial charge on any atom is 0.274 e. The van der Waals surface area contributed by atoms with Crippen molar-refractivity contribution in [3.05, 3.63) is 27.0 Å². The fourth-order valence-electron chi connectivity index (χ4n) is 1.98. The summed E-state index contributed by atoms with van der Waals surface area (Å²) in [6.45, 7) is 0.170. The molecule has 1 N–H and O–H groups in total. The molecule has 0 aromatic carbocycles. The monoisotopic (exact) mass is 322 g/mol. The molecule has 1 heterocycles. The summed E-state index contributed by atoms with van der Waals surface area (Å²) in [6, 6.07) is 0.145. The van der Waals surface area contributed by atoms with Crippen molar-refractivity contribution in [3.63, 3.8) is 0 Å². The van der Waals surface area contributed by atoms with Gasteiger partial charge in [-0.05, 0) is 19.3 Å². The van der Waals surface area contributed by atoms with Crippen molar-refractivity contribution in [2.24, 2.45) is 0 Å². The Labute approximate surface area is 126 Å². The van der Waals surface area contributed by atoms with E-state index in [1.165, 1.54) is 6.20 Å². The number of rotatable bonds is 4. The van der Waals surface area contributed by atoms with E-state index >= 15 is 0 Å². The van der Waals surface area contributed by atoms with Gasteiger partial charge in [-0.25, -0.2) is 4.98 Å². The summed E-state index contributed by atoms with van der Waals surface area (Å²) < 4.78 is 0. The van der Waals surface area contributed by atoms with Gasteiger partial charge in [-0.2, -0.15) is 0 Å². The van der Waals surface area contributed by atoms with E-state index in [0.29, 0.717) is 0 Å². The molecule has 0 atom stereocenters. The lowest BCUT2D eigenvalue weighted by Crippen LogP contribution is -2.46. The van der Waals surface area contributed by atoms with Gasteiger partial charge in [-0.3, -0.25) is 4.79 Å². The minimum atomic E-state index is -0.317. The summed E-state index contributed by atoms with van der Waals surface area (Å²) in [4.78, 5) is 18.0. The Morgan fingerprint density at radius 2 is 2.05 bits per heavy atom. The number of aliphatic hydroxyl groups excluding tert-OH is 1. The molecule has 1 aliphatic carbocycles. The molecule has 1 fully saturated rings. The van der Waals surface area contributed by atoms with Crippen LogP contribution in [-0.2, 0) is 0 Å². The van der Waals surface area contributed by atoms with Crippen molar-refractivity contribution in [1.82, 2.24) is 9.88 Å². The van der Waals surface area contributed by atoms with E-state index in [2.05, 4.69) is 4.98 Å². The Morgan fingerprint density at radius 1 is 1.37 bits per heavy atom. The highest BCUT2D eigenvalue weighted by Crippen LogP contribution is 2.33. The molecular formula is C12H13Cl3N2O2. The van der Waals surface area contributed by atoms with Gasteiger partial charge in [0.2, 0.25) is 0 Å². The molecule has 0 unspecified atom stereocenters. The zero-order valence-corrected chi connectivity index (χ0v) is 12.3. The summed E-state index contributed by atoms with van der Waals surface area (Å²) in [6.07, 6.45) is 4.26. The van der Waals surface area contributed by atoms with Crippen molar-refractivity contribution in [3.8, 4) is 0 Å². The molecule has 19 heavy (non-hydrogen) atoms. The van der Waals surface area contributed by atoms with Crippen molar-refractivity contribution >= 4 is 40.7 Å². The Morgan fingerprint density at radius 3 is 2.58 bits per heavy atom. The first-order valence-electron chi connectivity index (χ1n) is 5.97. The van der Waals surface area contributed by atoms with E-state index < -0.39 is 0 Å². The fourth-order valence-corrected chi connectivity index (χ4v) is 2.55. The van der Waals surface area contributed by atoms with Gasteiger partial charge >= 0.3 is 0 Å². The average molecular weight is 324 g/mol. The molecule has 1 aromatic rings. The maximum absolute atomic E-state index is 12.4. The van der Waals surface area contributed by atoms with Crippen LogP contribution < -0.4 is 0 Å². The van der Waals surface area contributed by atoms with Crippen LogP contribution in [0.3, 0.4) is 0 Å². The van der Waals surface area contributed by atoms with E-state index in [1.54, 1.807) is 4.90 Å². The van der Waals surface area contributed by atoms with Gasteiger partial charge in [0, 0.05) is 18.8 Å². The Hall–Kier alpha value is -0.550. The van der Waals surface area contributed by atoms with Gasteiger partial charge < -0.3 is 10.0 Å². The van der Waals surface area contributed by atoms with Crippen LogP contribution in [0.1, 0.15) is 29.8 Å². The van der Waals surface area contributed by atoms with Crippen molar-refractivity contribution in [1.29, 1.82) is 0 Å². The summed E-state index contributed by atoms with van der Waals surface area (Å²) >= 11 is 17.7. The fraction of sp³-hybridized carbons (Fsp3) is 0.500. The molecule has 1 amide bonds. The minimum absolute atomic E-state index is 0.0569. The lowest BCUT2D eigenvalue weighted by molar-refractivity contribution is 0.0520. The van der Waals surface area contributed by atoms with Crippen LogP contribution in [0, 0.1) is 0 Å². The minimum Gasteiger partial charge on any atom is -0.395 e. The highest BCUT2D eigenvalue weighted by atomic mass is 35.5. The zero-order valence-electron chi connectivity index (χ0n) is 10.1. The third-order valence-electron chi connectivity index (χ3n) is 3.24. The number of halogens is 3. The number of carbonyl (C=O) groups is 1. The van der Waals surface area contributed by atoms with Crippen molar-refractivity contribution in [2.45, 2.75) is 25.3 Å². The molecule has 1 saturated carbocycles. The number of aromatic nitrogens is 1. The van der Waals surface area contributed by atoms with Crippen LogP contribution >= 0.6 is 34.8 Å². The molecule has 0 saturated heterocycles. The first kappa shape index (κ1) is 14.9. The molecule has 0 bridgehead atoms. The largest absolute Gasteiger partial charge is 0.395 e. The molecule has 7 heteroatoms. The third-order valence-corrected chi connectivity index (χ3v) is 4.48. The Balaban J connectivity index is 2.28. The molecule has 2 rings (SSSR count). The lowest BCUT2D eigenvalue weighted by atomic mass is 9.91. The molecule has 1 aromatic heterocycles. The first-order chi connectivity index (χ1) is 9.06. The van der Waals surface area contributed by atoms with E-state index in [-0.39, 0.29) is 45.9 Å². The normalized spacial score (nSPS) is 15.2. The van der Waals surface area contributed by atoms with Gasteiger partial charge in [0.05, 0.1) is 21.7 Å². The average Bonchev–Trinajstić information content (AvgIpc) is 2.33. The molecule has 4 nitrogen and oxygen atoms in total. The summed E-state index contributed by atoms with van der Waals surface area (Å²) in [5.41, 5.74) is 0.0800. The van der Waals surface area contributed by atoms with Crippen LogP contribution in [0.25, 0.3) is 0 Å². The number of nitrogens with zero attached hydrogens (tertiary/aromatic N) is 2. The summed E-state index contributed by atoms with van der Waals surface area (Å²) in [5.74, 6) is -0.317. The SMILES string of the molecule is O=C(c1ncc(Cl)c(Cl)c1Cl)N(CCO)C1CCC1. The number of hydrogen-bond donors (Lipinski definition) is 1. The van der Waals surface area contributed by atoms with E-state index in [0.717, 1.165) is 19.3 Å². The standard InChI is InChI=1S/C12H13Cl3N2O2/c13-8-6-16-11(10(15)9(8)14)12(19)17(4-5-18)7-2-1-3-7/h6-7,18H,1-5H2. The first-order valence-corrected chi connectivity index (χ1v) is 7.11. The van der Waals surface area contributed by atoms with E-state index in [4.69, 9.17) is 39.9 Å². The van der Waals surface area contributed by atoms with E-state index in [1.807, 2.05) is 0 Å². The van der Waals surface area contributed by atoms with Crippen LogP contribution in [0.4, 0.5) is 0 Å². The van der Waals surface area contributed by atoms with E-state index in [9.17, 15) is 4.79 Å². The Bertz CT molecular complexity index is 492. The quantitative estimate of drug-likeness (QED) is 0.926. The molecule has 1 aliphatic rings. The number of hydrogen-bond acceptors (Lipinski definition) is 3. The molecule has 0 spiro atoms. The second-order valence-electron chi connectivity index (χ2n) is 4.39. The summed E-state index contributed by atoms with van der Waals surface area (Å²) in [5, 5.41) is 9.46. The maximum atomic E-state index is 12.4. The lowest BCUT2D eigenvalue weighted by Gasteiger charge is -2.37. The van der Waals surface area contributed by atoms with Crippen LogP contribution in [-0.4, -0.2) is 40.1 Å². The second-order valence-corrected chi connectivity index (χ2v) is 5.55. The number of aliphatic hydroxyl groups is 1. The number of amides is 1. The molecule has 104 valence electrons. The van der Waals surface area contributed by atoms with Gasteiger partial charge in [0.1, 0.15) is 5.69 Å². The zero-order chi connectivity index (χ0) is 14.0. The molecule has 0 aliphatic heterocycles.